The third-order valence-electron chi connectivity index (χ3n) is 3.46. The van der Waals surface area contributed by atoms with Crippen LogP contribution in [0.4, 0.5) is 11.4 Å². The molecule has 0 aliphatic heterocycles. The summed E-state index contributed by atoms with van der Waals surface area (Å²) in [5.41, 5.74) is 2.16. The van der Waals surface area contributed by atoms with Crippen LogP contribution in [-0.4, -0.2) is 39.6 Å². The molecular formula is C18H20N2O3. The minimum absolute atomic E-state index is 0.283. The van der Waals surface area contributed by atoms with E-state index >= 15 is 0 Å². The molecule has 0 aromatic heterocycles. The summed E-state index contributed by atoms with van der Waals surface area (Å²) in [6, 6.07) is 16.2. The molecule has 120 valence electrons. The fourth-order valence-corrected chi connectivity index (χ4v) is 2.00. The van der Waals surface area contributed by atoms with E-state index in [0.717, 1.165) is 11.4 Å². The fourth-order valence-electron chi connectivity index (χ4n) is 2.00. The lowest BCUT2D eigenvalue weighted by Gasteiger charge is -2.17. The number of rotatable bonds is 5. The number of anilines is 2. The van der Waals surface area contributed by atoms with Gasteiger partial charge in [-0.05, 0) is 36.4 Å². The molecule has 0 radical (unpaired) electrons. The molecule has 5 heteroatoms. The second-order valence-corrected chi connectivity index (χ2v) is 5.31. The van der Waals surface area contributed by atoms with Gasteiger partial charge in [0, 0.05) is 32.5 Å². The number of ether oxygens (including phenoxy) is 1. The summed E-state index contributed by atoms with van der Waals surface area (Å²) >= 11 is 0. The van der Waals surface area contributed by atoms with Gasteiger partial charge in [0.25, 0.3) is 5.91 Å². The van der Waals surface area contributed by atoms with Crippen molar-refractivity contribution in [2.24, 2.45) is 0 Å². The fraction of sp³-hybridized carbons (Fsp3) is 0.222. The largest absolute Gasteiger partial charge is 0.452 e. The summed E-state index contributed by atoms with van der Waals surface area (Å²) in [6.07, 6.45) is 0. The Hall–Kier alpha value is -2.82. The minimum Gasteiger partial charge on any atom is -0.452 e. The Morgan fingerprint density at radius 3 is 2.04 bits per heavy atom. The van der Waals surface area contributed by atoms with Crippen LogP contribution in [-0.2, 0) is 9.53 Å². The molecule has 0 aliphatic carbocycles. The molecule has 5 nitrogen and oxygen atoms in total. The van der Waals surface area contributed by atoms with Crippen LogP contribution in [0.5, 0.6) is 0 Å². The topological polar surface area (TPSA) is 49.9 Å². The maximum absolute atomic E-state index is 12.1. The Labute approximate surface area is 136 Å². The van der Waals surface area contributed by atoms with E-state index < -0.39 is 5.97 Å². The highest BCUT2D eigenvalue weighted by Crippen LogP contribution is 2.14. The van der Waals surface area contributed by atoms with Crippen LogP contribution in [0.15, 0.2) is 54.6 Å². The lowest BCUT2D eigenvalue weighted by molar-refractivity contribution is -0.121. The number of nitrogens with zero attached hydrogens (tertiary/aromatic N) is 2. The molecule has 2 aromatic carbocycles. The predicted octanol–water partition coefficient (Wildman–Crippen LogP) is 2.57. The standard InChI is InChI=1S/C18H20N2O3/c1-19(2)15-11-9-14(10-12-15)18(22)23-13-17(21)20(3)16-7-5-4-6-8-16/h4-12H,13H2,1-3H3. The van der Waals surface area contributed by atoms with Crippen LogP contribution in [0.3, 0.4) is 0 Å². The highest BCUT2D eigenvalue weighted by Gasteiger charge is 2.14. The Kier molecular flexibility index (Phi) is 5.36. The second kappa shape index (κ2) is 7.45. The van der Waals surface area contributed by atoms with Crippen LogP contribution in [0.1, 0.15) is 10.4 Å². The number of likely N-dealkylation sites (N-methyl/N-ethyl adjacent to an activating group) is 1. The van der Waals surface area contributed by atoms with Gasteiger partial charge in [-0.25, -0.2) is 4.79 Å². The molecule has 0 saturated heterocycles. The molecule has 0 heterocycles. The quantitative estimate of drug-likeness (QED) is 0.796. The molecule has 23 heavy (non-hydrogen) atoms. The van der Waals surface area contributed by atoms with E-state index in [-0.39, 0.29) is 12.5 Å². The van der Waals surface area contributed by atoms with Gasteiger partial charge in [0.1, 0.15) is 0 Å². The molecule has 0 unspecified atom stereocenters. The molecule has 0 saturated carbocycles. The van der Waals surface area contributed by atoms with Crippen molar-refractivity contribution in [1.82, 2.24) is 0 Å². The van der Waals surface area contributed by atoms with Crippen molar-refractivity contribution in [3.63, 3.8) is 0 Å². The molecule has 0 fully saturated rings. The zero-order valence-electron chi connectivity index (χ0n) is 13.5. The van der Waals surface area contributed by atoms with Gasteiger partial charge in [-0.3, -0.25) is 4.79 Å². The highest BCUT2D eigenvalue weighted by atomic mass is 16.5. The molecule has 0 aliphatic rings. The van der Waals surface area contributed by atoms with Crippen molar-refractivity contribution in [2.75, 3.05) is 37.5 Å². The zero-order chi connectivity index (χ0) is 16.8. The molecule has 2 aromatic rings. The van der Waals surface area contributed by atoms with Gasteiger partial charge < -0.3 is 14.5 Å². The molecule has 0 N–H and O–H groups in total. The molecule has 0 atom stereocenters. The maximum atomic E-state index is 12.1. The summed E-state index contributed by atoms with van der Waals surface area (Å²) in [5.74, 6) is -0.792. The van der Waals surface area contributed by atoms with Crippen LogP contribution in [0.2, 0.25) is 0 Å². The summed E-state index contributed by atoms with van der Waals surface area (Å²) in [7, 11) is 5.49. The monoisotopic (exact) mass is 312 g/mol. The molecule has 0 bridgehead atoms. The predicted molar refractivity (Wildman–Crippen MR) is 90.9 cm³/mol. The van der Waals surface area contributed by atoms with Gasteiger partial charge in [0.15, 0.2) is 6.61 Å². The van der Waals surface area contributed by atoms with Gasteiger partial charge in [-0.2, -0.15) is 0 Å². The lowest BCUT2D eigenvalue weighted by Crippen LogP contribution is -2.31. The Balaban J connectivity index is 1.92. The number of esters is 1. The van der Waals surface area contributed by atoms with Crippen LogP contribution in [0, 0.1) is 0 Å². The van der Waals surface area contributed by atoms with Crippen LogP contribution in [0.25, 0.3) is 0 Å². The lowest BCUT2D eigenvalue weighted by atomic mass is 10.2. The van der Waals surface area contributed by atoms with E-state index in [2.05, 4.69) is 0 Å². The minimum atomic E-state index is -0.509. The van der Waals surface area contributed by atoms with E-state index in [0.29, 0.717) is 5.56 Å². The van der Waals surface area contributed by atoms with E-state index in [1.807, 2.05) is 61.5 Å². The summed E-state index contributed by atoms with van der Waals surface area (Å²) in [6.45, 7) is -0.292. The van der Waals surface area contributed by atoms with Gasteiger partial charge in [-0.15, -0.1) is 0 Å². The molecule has 0 spiro atoms. The van der Waals surface area contributed by atoms with Crippen molar-refractivity contribution in [2.45, 2.75) is 0 Å². The normalized spacial score (nSPS) is 10.0. The molecule has 1 amide bonds. The van der Waals surface area contributed by atoms with E-state index in [1.54, 1.807) is 19.2 Å². The first-order valence-electron chi connectivity index (χ1n) is 7.25. The van der Waals surface area contributed by atoms with Gasteiger partial charge in [0.05, 0.1) is 5.56 Å². The van der Waals surface area contributed by atoms with Crippen LogP contribution >= 0.6 is 0 Å². The van der Waals surface area contributed by atoms with Crippen molar-refractivity contribution in [3.05, 3.63) is 60.2 Å². The first-order chi connectivity index (χ1) is 11.0. The zero-order valence-corrected chi connectivity index (χ0v) is 13.5. The van der Waals surface area contributed by atoms with E-state index in [4.69, 9.17) is 4.74 Å². The number of amides is 1. The average molecular weight is 312 g/mol. The van der Waals surface area contributed by atoms with Crippen molar-refractivity contribution >= 4 is 23.3 Å². The number of carbonyl (C=O) groups is 2. The second-order valence-electron chi connectivity index (χ2n) is 5.31. The number of hydrogen-bond acceptors (Lipinski definition) is 4. The number of benzene rings is 2. The third-order valence-corrected chi connectivity index (χ3v) is 3.46. The average Bonchev–Trinajstić information content (AvgIpc) is 2.59. The summed E-state index contributed by atoms with van der Waals surface area (Å²) < 4.78 is 5.09. The summed E-state index contributed by atoms with van der Waals surface area (Å²) in [5, 5.41) is 0. The first kappa shape index (κ1) is 16.5. The Morgan fingerprint density at radius 2 is 1.48 bits per heavy atom. The summed E-state index contributed by atoms with van der Waals surface area (Å²) in [4.78, 5) is 27.4. The van der Waals surface area contributed by atoms with Gasteiger partial charge in [0.2, 0.25) is 0 Å². The molecular weight excluding hydrogens is 292 g/mol. The SMILES string of the molecule is CN(C)c1ccc(C(=O)OCC(=O)N(C)c2ccccc2)cc1. The van der Waals surface area contributed by atoms with Gasteiger partial charge in [-0.1, -0.05) is 18.2 Å². The van der Waals surface area contributed by atoms with Crippen molar-refractivity contribution in [1.29, 1.82) is 0 Å². The van der Waals surface area contributed by atoms with E-state index in [9.17, 15) is 9.59 Å². The van der Waals surface area contributed by atoms with Crippen LogP contribution < -0.4 is 9.80 Å². The van der Waals surface area contributed by atoms with Gasteiger partial charge >= 0.3 is 5.97 Å². The maximum Gasteiger partial charge on any atom is 0.338 e. The van der Waals surface area contributed by atoms with Crippen molar-refractivity contribution in [3.8, 4) is 0 Å². The number of para-hydroxylation sites is 1. The van der Waals surface area contributed by atoms with E-state index in [1.165, 1.54) is 4.90 Å². The third kappa shape index (κ3) is 4.32. The van der Waals surface area contributed by atoms with Crippen molar-refractivity contribution < 1.29 is 14.3 Å². The molecule has 2 rings (SSSR count). The Morgan fingerprint density at radius 1 is 0.870 bits per heavy atom. The first-order valence-corrected chi connectivity index (χ1v) is 7.25. The Bertz CT molecular complexity index is 666. The number of carbonyl (C=O) groups excluding carboxylic acids is 2. The smallest absolute Gasteiger partial charge is 0.338 e. The number of hydrogen-bond donors (Lipinski definition) is 0. The highest BCUT2D eigenvalue weighted by molar-refractivity contribution is 5.96.